The van der Waals surface area contributed by atoms with Gasteiger partial charge in [-0.1, -0.05) is 27.4 Å². The van der Waals surface area contributed by atoms with E-state index in [-0.39, 0.29) is 5.78 Å². The van der Waals surface area contributed by atoms with Crippen molar-refractivity contribution in [3.8, 4) is 0 Å². The molecule has 0 amide bonds. The van der Waals surface area contributed by atoms with E-state index in [9.17, 15) is 4.79 Å². The predicted molar refractivity (Wildman–Crippen MR) is 52.2 cm³/mol. The van der Waals surface area contributed by atoms with E-state index in [1.165, 1.54) is 6.08 Å². The third-order valence-corrected chi connectivity index (χ3v) is 1.68. The molecule has 0 saturated carbocycles. The highest BCUT2D eigenvalue weighted by Crippen LogP contribution is 1.97. The van der Waals surface area contributed by atoms with Crippen LogP contribution in [0.3, 0.4) is 0 Å². The van der Waals surface area contributed by atoms with Gasteiger partial charge in [0.1, 0.15) is 0 Å². The number of carbonyl (C=O) groups is 1. The van der Waals surface area contributed by atoms with Crippen molar-refractivity contribution in [2.24, 2.45) is 5.92 Å². The number of hydrogen-bond donors (Lipinski definition) is 0. The van der Waals surface area contributed by atoms with E-state index >= 15 is 0 Å². The Morgan fingerprint density at radius 3 is 2.50 bits per heavy atom. The van der Waals surface area contributed by atoms with Crippen LogP contribution in [0.25, 0.3) is 0 Å². The molecule has 0 saturated heterocycles. The Hall–Kier alpha value is -0.630. The average Bonchev–Trinajstić information content (AvgIpc) is 2.02. The van der Waals surface area contributed by atoms with Crippen LogP contribution in [-0.2, 0) is 4.79 Å². The number of carbonyl (C=O) groups excluding carboxylic acids is 1. The van der Waals surface area contributed by atoms with Crippen LogP contribution in [0.1, 0.15) is 20.8 Å². The molecule has 0 radical (unpaired) electrons. The molecule has 0 atom stereocenters. The second-order valence-electron chi connectivity index (χ2n) is 3.39. The Bertz CT molecular complexity index is 152. The van der Waals surface area contributed by atoms with Crippen LogP contribution >= 0.6 is 0 Å². The average molecular weight is 169 g/mol. The second-order valence-corrected chi connectivity index (χ2v) is 3.39. The Labute approximate surface area is 75.3 Å². The second kappa shape index (κ2) is 5.95. The number of hydrogen-bond acceptors (Lipinski definition) is 2. The fourth-order valence-electron chi connectivity index (χ4n) is 1.11. The SMILES string of the molecule is C=CC(=O)CN(CC)CC(C)C. The van der Waals surface area contributed by atoms with Crippen molar-refractivity contribution < 1.29 is 4.79 Å². The lowest BCUT2D eigenvalue weighted by atomic mass is 10.2. The van der Waals surface area contributed by atoms with Gasteiger partial charge in [-0.2, -0.15) is 0 Å². The van der Waals surface area contributed by atoms with Crippen molar-refractivity contribution in [1.29, 1.82) is 0 Å². The zero-order valence-electron chi connectivity index (χ0n) is 8.34. The molecule has 0 rings (SSSR count). The monoisotopic (exact) mass is 169 g/mol. The van der Waals surface area contributed by atoms with Crippen LogP contribution in [0, 0.1) is 5.92 Å². The van der Waals surface area contributed by atoms with E-state index in [0.29, 0.717) is 12.5 Å². The van der Waals surface area contributed by atoms with Crippen LogP contribution in [-0.4, -0.2) is 30.3 Å². The minimum atomic E-state index is 0.109. The van der Waals surface area contributed by atoms with E-state index in [1.807, 2.05) is 0 Å². The Morgan fingerprint density at radius 1 is 1.58 bits per heavy atom. The maximum atomic E-state index is 11.0. The quantitative estimate of drug-likeness (QED) is 0.564. The summed E-state index contributed by atoms with van der Waals surface area (Å²) in [6.07, 6.45) is 1.39. The van der Waals surface area contributed by atoms with Gasteiger partial charge in [-0.05, 0) is 18.5 Å². The first kappa shape index (κ1) is 11.4. The van der Waals surface area contributed by atoms with Gasteiger partial charge in [-0.3, -0.25) is 9.69 Å². The maximum Gasteiger partial charge on any atom is 0.169 e. The summed E-state index contributed by atoms with van der Waals surface area (Å²) in [5.41, 5.74) is 0. The lowest BCUT2D eigenvalue weighted by Crippen LogP contribution is -2.32. The Balaban J connectivity index is 3.82. The van der Waals surface area contributed by atoms with Gasteiger partial charge in [0, 0.05) is 6.54 Å². The van der Waals surface area contributed by atoms with Gasteiger partial charge in [0.2, 0.25) is 0 Å². The highest BCUT2D eigenvalue weighted by atomic mass is 16.1. The Kier molecular flexibility index (Phi) is 5.64. The standard InChI is InChI=1S/C10H19NO/c1-5-10(12)8-11(6-2)7-9(3)4/h5,9H,1,6-8H2,2-4H3. The largest absolute Gasteiger partial charge is 0.296 e. The van der Waals surface area contributed by atoms with Crippen LogP contribution in [0.15, 0.2) is 12.7 Å². The first-order chi connectivity index (χ1) is 5.60. The van der Waals surface area contributed by atoms with Gasteiger partial charge in [-0.25, -0.2) is 0 Å². The molecule has 0 aliphatic carbocycles. The van der Waals surface area contributed by atoms with Crippen LogP contribution in [0.5, 0.6) is 0 Å². The van der Waals surface area contributed by atoms with E-state index < -0.39 is 0 Å². The molecule has 70 valence electrons. The molecule has 0 unspecified atom stereocenters. The molecule has 0 bridgehead atoms. The van der Waals surface area contributed by atoms with Crippen LogP contribution < -0.4 is 0 Å². The first-order valence-electron chi connectivity index (χ1n) is 4.47. The topological polar surface area (TPSA) is 20.3 Å². The molecule has 0 aliphatic rings. The molecule has 0 aromatic carbocycles. The summed E-state index contributed by atoms with van der Waals surface area (Å²) in [5.74, 6) is 0.722. The zero-order chi connectivity index (χ0) is 9.56. The van der Waals surface area contributed by atoms with Gasteiger partial charge >= 0.3 is 0 Å². The first-order valence-corrected chi connectivity index (χ1v) is 4.47. The summed E-state index contributed by atoms with van der Waals surface area (Å²) < 4.78 is 0. The Morgan fingerprint density at radius 2 is 2.17 bits per heavy atom. The molecule has 0 N–H and O–H groups in total. The molecule has 0 spiro atoms. The zero-order valence-corrected chi connectivity index (χ0v) is 8.34. The molecule has 12 heavy (non-hydrogen) atoms. The molecule has 0 fully saturated rings. The van der Waals surface area contributed by atoms with Gasteiger partial charge < -0.3 is 0 Å². The normalized spacial score (nSPS) is 10.8. The summed E-state index contributed by atoms with van der Waals surface area (Å²) in [5, 5.41) is 0. The third-order valence-electron chi connectivity index (χ3n) is 1.68. The van der Waals surface area contributed by atoms with Crippen molar-refractivity contribution in [3.63, 3.8) is 0 Å². The van der Waals surface area contributed by atoms with Gasteiger partial charge in [0.25, 0.3) is 0 Å². The predicted octanol–water partition coefficient (Wildman–Crippen LogP) is 1.72. The highest BCUT2D eigenvalue weighted by Gasteiger charge is 2.07. The minimum absolute atomic E-state index is 0.109. The molecule has 0 aliphatic heterocycles. The fourth-order valence-corrected chi connectivity index (χ4v) is 1.11. The van der Waals surface area contributed by atoms with Crippen LogP contribution in [0.4, 0.5) is 0 Å². The van der Waals surface area contributed by atoms with E-state index in [1.54, 1.807) is 0 Å². The summed E-state index contributed by atoms with van der Waals surface area (Å²) in [4.78, 5) is 13.1. The van der Waals surface area contributed by atoms with Gasteiger partial charge in [0.15, 0.2) is 5.78 Å². The van der Waals surface area contributed by atoms with Crippen LogP contribution in [0.2, 0.25) is 0 Å². The molecule has 0 heterocycles. The summed E-state index contributed by atoms with van der Waals surface area (Å²) >= 11 is 0. The molecule has 2 heteroatoms. The lowest BCUT2D eigenvalue weighted by Gasteiger charge is -2.20. The van der Waals surface area contributed by atoms with E-state index in [2.05, 4.69) is 32.3 Å². The number of nitrogens with zero attached hydrogens (tertiary/aromatic N) is 1. The molecular formula is C10H19NO. The number of rotatable bonds is 6. The maximum absolute atomic E-state index is 11.0. The van der Waals surface area contributed by atoms with Crippen molar-refractivity contribution in [3.05, 3.63) is 12.7 Å². The van der Waals surface area contributed by atoms with E-state index in [4.69, 9.17) is 0 Å². The van der Waals surface area contributed by atoms with Crippen molar-refractivity contribution >= 4 is 5.78 Å². The summed E-state index contributed by atoms with van der Waals surface area (Å²) in [6.45, 7) is 12.2. The molecule has 0 aromatic rings. The number of likely N-dealkylation sites (N-methyl/N-ethyl adjacent to an activating group) is 1. The van der Waals surface area contributed by atoms with Gasteiger partial charge in [-0.15, -0.1) is 0 Å². The highest BCUT2D eigenvalue weighted by molar-refractivity contribution is 5.90. The van der Waals surface area contributed by atoms with Crippen molar-refractivity contribution in [2.75, 3.05) is 19.6 Å². The molecule has 0 aromatic heterocycles. The molecular weight excluding hydrogens is 150 g/mol. The fraction of sp³-hybridized carbons (Fsp3) is 0.700. The van der Waals surface area contributed by atoms with Crippen molar-refractivity contribution in [1.82, 2.24) is 4.90 Å². The van der Waals surface area contributed by atoms with Gasteiger partial charge in [0.05, 0.1) is 6.54 Å². The van der Waals surface area contributed by atoms with E-state index in [0.717, 1.165) is 13.1 Å². The third kappa shape index (κ3) is 5.08. The number of ketones is 1. The lowest BCUT2D eigenvalue weighted by molar-refractivity contribution is -0.115. The minimum Gasteiger partial charge on any atom is -0.296 e. The summed E-state index contributed by atoms with van der Waals surface area (Å²) in [6, 6.07) is 0. The van der Waals surface area contributed by atoms with Crippen molar-refractivity contribution in [2.45, 2.75) is 20.8 Å². The summed E-state index contributed by atoms with van der Waals surface area (Å²) in [7, 11) is 0. The molecule has 2 nitrogen and oxygen atoms in total. The smallest absolute Gasteiger partial charge is 0.169 e.